The van der Waals surface area contributed by atoms with Crippen molar-refractivity contribution >= 4 is 29.2 Å². The van der Waals surface area contributed by atoms with Crippen molar-refractivity contribution in [1.82, 2.24) is 5.32 Å². The summed E-state index contributed by atoms with van der Waals surface area (Å²) in [5, 5.41) is 24.4. The van der Waals surface area contributed by atoms with Crippen LogP contribution in [0.15, 0.2) is 59.3 Å². The van der Waals surface area contributed by atoms with E-state index in [2.05, 4.69) is 5.32 Å². The first-order valence-corrected chi connectivity index (χ1v) is 11.5. The number of rotatable bonds is 12. The minimum absolute atomic E-state index is 0.123. The molecule has 0 spiro atoms. The Balaban J connectivity index is 1.92. The molecule has 0 saturated carbocycles. The summed E-state index contributed by atoms with van der Waals surface area (Å²) in [4.78, 5) is 34.8. The fourth-order valence-electron chi connectivity index (χ4n) is 3.30. The van der Waals surface area contributed by atoms with Gasteiger partial charge in [0.05, 0.1) is 5.56 Å². The molecule has 8 nitrogen and oxygen atoms in total. The van der Waals surface area contributed by atoms with Gasteiger partial charge in [0, 0.05) is 12.5 Å². The number of carbonyl (C=O) groups is 3. The number of ether oxygens (including phenoxy) is 2. The predicted octanol–water partition coefficient (Wildman–Crippen LogP) is 4.43. The lowest BCUT2D eigenvalue weighted by Gasteiger charge is -2.23. The molecule has 0 aliphatic heterocycles. The number of carboxylic acid groups (broad SMARTS) is 2. The van der Waals surface area contributed by atoms with Crippen LogP contribution in [-0.4, -0.2) is 34.6 Å². The molecule has 1 atom stereocenters. The van der Waals surface area contributed by atoms with Gasteiger partial charge in [0.1, 0.15) is 30.8 Å². The second kappa shape index (κ2) is 11.9. The number of carbonyl (C=O) groups excluding carboxylic acids is 1. The Kier molecular flexibility index (Phi) is 8.64. The molecule has 1 heterocycles. The van der Waals surface area contributed by atoms with Gasteiger partial charge in [-0.2, -0.15) is 11.3 Å². The third kappa shape index (κ3) is 7.08. The van der Waals surface area contributed by atoms with Crippen molar-refractivity contribution in [2.24, 2.45) is 0 Å². The van der Waals surface area contributed by atoms with Gasteiger partial charge in [0.15, 0.2) is 0 Å². The average molecular weight is 484 g/mol. The molecule has 1 aromatic heterocycles. The molecule has 3 N–H and O–H groups in total. The van der Waals surface area contributed by atoms with Gasteiger partial charge in [0.2, 0.25) is 0 Å². The van der Waals surface area contributed by atoms with Crippen molar-refractivity contribution in [1.29, 1.82) is 0 Å². The lowest BCUT2D eigenvalue weighted by Crippen LogP contribution is -2.29. The van der Waals surface area contributed by atoms with E-state index in [1.165, 1.54) is 6.07 Å². The summed E-state index contributed by atoms with van der Waals surface area (Å²) in [5.74, 6) is -2.13. The Hall–Kier alpha value is -3.85. The van der Waals surface area contributed by atoms with Crippen molar-refractivity contribution in [3.05, 3.63) is 81.5 Å². The van der Waals surface area contributed by atoms with Gasteiger partial charge in [-0.05, 0) is 59.0 Å². The number of nitrogens with one attached hydrogen (secondary N) is 1. The van der Waals surface area contributed by atoms with Crippen LogP contribution in [0.25, 0.3) is 0 Å². The third-order valence-corrected chi connectivity index (χ3v) is 5.74. The van der Waals surface area contributed by atoms with Crippen LogP contribution >= 0.6 is 11.3 Å². The minimum atomic E-state index is -1.18. The van der Waals surface area contributed by atoms with Crippen LogP contribution in [0.2, 0.25) is 0 Å². The van der Waals surface area contributed by atoms with Crippen molar-refractivity contribution in [3.63, 3.8) is 0 Å². The van der Waals surface area contributed by atoms with E-state index in [1.807, 2.05) is 48.0 Å². The summed E-state index contributed by atoms with van der Waals surface area (Å²) in [6, 6.07) is 14.1. The van der Waals surface area contributed by atoms with Crippen molar-refractivity contribution < 1.29 is 34.1 Å². The Morgan fingerprint density at radius 1 is 1.06 bits per heavy atom. The third-order valence-electron chi connectivity index (χ3n) is 5.01. The van der Waals surface area contributed by atoms with E-state index in [-0.39, 0.29) is 24.2 Å². The maximum Gasteiger partial charge on any atom is 0.322 e. The molecule has 178 valence electrons. The van der Waals surface area contributed by atoms with Crippen molar-refractivity contribution in [2.45, 2.75) is 32.5 Å². The highest BCUT2D eigenvalue weighted by Gasteiger charge is 2.22. The van der Waals surface area contributed by atoms with E-state index in [0.29, 0.717) is 12.4 Å². The van der Waals surface area contributed by atoms with Gasteiger partial charge < -0.3 is 25.0 Å². The normalized spacial score (nSPS) is 11.4. The Labute approximate surface area is 200 Å². The standard InChI is InChI=1S/C25H25NO7S/c1-16-4-2-3-5-19(16)21(8-9-23(27)28)33-22-12-18(32-14-17-10-11-34-15-17)6-7-20(22)25(31)26-13-24(29)30/h2-7,10-12,15,21H,8-9,13-14H2,1H3,(H,26,31)(H,27,28)(H,29,30). The van der Waals surface area contributed by atoms with E-state index >= 15 is 0 Å². The fraction of sp³-hybridized carbons (Fsp3) is 0.240. The lowest BCUT2D eigenvalue weighted by atomic mass is 9.99. The van der Waals surface area contributed by atoms with Crippen molar-refractivity contribution in [3.8, 4) is 11.5 Å². The van der Waals surface area contributed by atoms with E-state index in [9.17, 15) is 19.5 Å². The fourth-order valence-corrected chi connectivity index (χ4v) is 3.96. The first kappa shape index (κ1) is 24.8. The molecule has 0 saturated heterocycles. The zero-order chi connectivity index (χ0) is 24.5. The largest absolute Gasteiger partial charge is 0.489 e. The highest BCUT2D eigenvalue weighted by Crippen LogP contribution is 2.33. The molecule has 9 heteroatoms. The zero-order valence-corrected chi connectivity index (χ0v) is 19.3. The zero-order valence-electron chi connectivity index (χ0n) is 18.5. The number of hydrogen-bond acceptors (Lipinski definition) is 6. The predicted molar refractivity (Wildman–Crippen MR) is 126 cm³/mol. The molecule has 2 aromatic carbocycles. The van der Waals surface area contributed by atoms with Crippen LogP contribution in [-0.2, 0) is 16.2 Å². The summed E-state index contributed by atoms with van der Waals surface area (Å²) in [5.41, 5.74) is 2.83. The molecule has 3 aromatic rings. The molecule has 0 fully saturated rings. The van der Waals surface area contributed by atoms with E-state index in [4.69, 9.17) is 14.6 Å². The number of benzene rings is 2. The summed E-state index contributed by atoms with van der Waals surface area (Å²) < 4.78 is 12.1. The first-order valence-electron chi connectivity index (χ1n) is 10.6. The van der Waals surface area contributed by atoms with Crippen LogP contribution in [0.5, 0.6) is 11.5 Å². The molecule has 0 aliphatic carbocycles. The van der Waals surface area contributed by atoms with Crippen LogP contribution in [0.1, 0.15) is 46.0 Å². The lowest BCUT2D eigenvalue weighted by molar-refractivity contribution is -0.138. The molecule has 34 heavy (non-hydrogen) atoms. The summed E-state index contributed by atoms with van der Waals surface area (Å²) in [7, 11) is 0. The van der Waals surface area contributed by atoms with Gasteiger partial charge in [-0.15, -0.1) is 0 Å². The Bertz CT molecular complexity index is 1140. The minimum Gasteiger partial charge on any atom is -0.489 e. The van der Waals surface area contributed by atoms with E-state index in [1.54, 1.807) is 23.5 Å². The number of hydrogen-bond donors (Lipinski definition) is 3. The number of aliphatic carboxylic acids is 2. The number of carboxylic acids is 2. The number of aryl methyl sites for hydroxylation is 1. The van der Waals surface area contributed by atoms with E-state index in [0.717, 1.165) is 16.7 Å². The topological polar surface area (TPSA) is 122 Å². The quantitative estimate of drug-likeness (QED) is 0.348. The molecular formula is C25H25NO7S. The average Bonchev–Trinajstić information content (AvgIpc) is 3.33. The smallest absolute Gasteiger partial charge is 0.322 e. The van der Waals surface area contributed by atoms with Gasteiger partial charge >= 0.3 is 11.9 Å². The molecule has 0 bridgehead atoms. The highest BCUT2D eigenvalue weighted by molar-refractivity contribution is 7.07. The van der Waals surface area contributed by atoms with Crippen molar-refractivity contribution in [2.75, 3.05) is 6.54 Å². The van der Waals surface area contributed by atoms with Crippen LogP contribution < -0.4 is 14.8 Å². The molecule has 0 aliphatic rings. The maximum absolute atomic E-state index is 12.7. The van der Waals surface area contributed by atoms with Crippen LogP contribution in [0.3, 0.4) is 0 Å². The molecule has 1 amide bonds. The van der Waals surface area contributed by atoms with Gasteiger partial charge in [-0.1, -0.05) is 24.3 Å². The van der Waals surface area contributed by atoms with Gasteiger partial charge in [-0.25, -0.2) is 0 Å². The van der Waals surface area contributed by atoms with E-state index < -0.39 is 30.5 Å². The van der Waals surface area contributed by atoms with Gasteiger partial charge in [0.25, 0.3) is 5.91 Å². The molecule has 0 radical (unpaired) electrons. The summed E-state index contributed by atoms with van der Waals surface area (Å²) in [6.45, 7) is 1.68. The second-order valence-electron chi connectivity index (χ2n) is 7.55. The Morgan fingerprint density at radius 3 is 2.53 bits per heavy atom. The summed E-state index contributed by atoms with van der Waals surface area (Å²) >= 11 is 1.55. The molecule has 1 unspecified atom stereocenters. The SMILES string of the molecule is Cc1ccccc1C(CCC(=O)O)Oc1cc(OCc2ccsc2)ccc1C(=O)NCC(=O)O. The monoisotopic (exact) mass is 483 g/mol. The Morgan fingerprint density at radius 2 is 1.85 bits per heavy atom. The summed E-state index contributed by atoms with van der Waals surface area (Å²) in [6.07, 6.45) is -0.597. The molecule has 3 rings (SSSR count). The van der Waals surface area contributed by atoms with Crippen LogP contribution in [0.4, 0.5) is 0 Å². The number of thiophene rings is 1. The maximum atomic E-state index is 12.7. The molecular weight excluding hydrogens is 458 g/mol. The highest BCUT2D eigenvalue weighted by atomic mass is 32.1. The van der Waals surface area contributed by atoms with Crippen LogP contribution in [0, 0.1) is 6.92 Å². The number of amides is 1. The second-order valence-corrected chi connectivity index (χ2v) is 8.33. The first-order chi connectivity index (χ1) is 16.3. The van der Waals surface area contributed by atoms with Gasteiger partial charge in [-0.3, -0.25) is 14.4 Å².